The SMILES string of the molecule is C=CCc1cc(/C=C2\SC(=O)N(CC(=O)c3ccc(Br)cc3)C2=O)cc(OC)c1OCc1ccc(Br)cc1. The summed E-state index contributed by atoms with van der Waals surface area (Å²) in [5, 5.41) is -0.487. The van der Waals surface area contributed by atoms with Gasteiger partial charge in [0.2, 0.25) is 0 Å². The van der Waals surface area contributed by atoms with Crippen molar-refractivity contribution in [3.05, 3.63) is 109 Å². The van der Waals surface area contributed by atoms with Crippen molar-refractivity contribution in [2.75, 3.05) is 13.7 Å². The summed E-state index contributed by atoms with van der Waals surface area (Å²) in [6.45, 7) is 3.87. The maximum Gasteiger partial charge on any atom is 0.293 e. The van der Waals surface area contributed by atoms with Crippen molar-refractivity contribution in [2.24, 2.45) is 0 Å². The monoisotopic (exact) mass is 655 g/mol. The average molecular weight is 657 g/mol. The predicted molar refractivity (Wildman–Crippen MR) is 157 cm³/mol. The van der Waals surface area contributed by atoms with Gasteiger partial charge in [0.1, 0.15) is 6.61 Å². The highest BCUT2D eigenvalue weighted by atomic mass is 79.9. The molecule has 9 heteroatoms. The minimum Gasteiger partial charge on any atom is -0.493 e. The maximum atomic E-state index is 13.0. The lowest BCUT2D eigenvalue weighted by molar-refractivity contribution is -0.122. The molecule has 1 heterocycles. The van der Waals surface area contributed by atoms with Crippen LogP contribution in [0.3, 0.4) is 0 Å². The summed E-state index contributed by atoms with van der Waals surface area (Å²) >= 11 is 7.56. The second kappa shape index (κ2) is 12.6. The molecule has 1 aliphatic rings. The van der Waals surface area contributed by atoms with E-state index in [4.69, 9.17) is 9.47 Å². The Labute approximate surface area is 242 Å². The van der Waals surface area contributed by atoms with Crippen molar-refractivity contribution < 1.29 is 23.9 Å². The van der Waals surface area contributed by atoms with E-state index in [9.17, 15) is 14.4 Å². The highest BCUT2D eigenvalue weighted by Gasteiger charge is 2.36. The summed E-state index contributed by atoms with van der Waals surface area (Å²) in [4.78, 5) is 39.5. The van der Waals surface area contributed by atoms with E-state index < -0.39 is 11.1 Å². The Hall–Kier alpha value is -3.14. The number of rotatable bonds is 10. The number of nitrogens with zero attached hydrogens (tertiary/aromatic N) is 1. The number of ketones is 1. The Morgan fingerprint density at radius 2 is 1.68 bits per heavy atom. The molecule has 3 aromatic rings. The van der Waals surface area contributed by atoms with E-state index in [0.29, 0.717) is 35.7 Å². The van der Waals surface area contributed by atoms with E-state index in [2.05, 4.69) is 38.4 Å². The molecule has 4 rings (SSSR count). The summed E-state index contributed by atoms with van der Waals surface area (Å²) in [5.74, 6) is 0.256. The summed E-state index contributed by atoms with van der Waals surface area (Å²) in [7, 11) is 1.55. The smallest absolute Gasteiger partial charge is 0.293 e. The molecule has 0 saturated carbocycles. The third kappa shape index (κ3) is 6.64. The number of Topliss-reactive ketones (excluding diaryl/α,β-unsaturated/α-hetero) is 1. The normalized spacial score (nSPS) is 14.2. The van der Waals surface area contributed by atoms with Gasteiger partial charge in [-0.25, -0.2) is 0 Å². The first-order valence-electron chi connectivity index (χ1n) is 11.5. The number of thioether (sulfide) groups is 1. The standard InChI is InChI=1S/C29H23Br2NO5S/c1-3-4-21-13-19(14-25(36-2)27(21)37-17-18-5-9-22(30)10-6-18)15-26-28(34)32(29(35)38-26)16-24(33)20-7-11-23(31)12-8-20/h3,5-15H,1,4,16-17H2,2H3/b26-15-. The van der Waals surface area contributed by atoms with Crippen LogP contribution in [0.25, 0.3) is 6.08 Å². The Balaban J connectivity index is 1.56. The molecule has 1 fully saturated rings. The van der Waals surface area contributed by atoms with Gasteiger partial charge in [-0.1, -0.05) is 62.2 Å². The number of methoxy groups -OCH3 is 1. The molecule has 1 aliphatic heterocycles. The zero-order chi connectivity index (χ0) is 27.2. The molecule has 0 bridgehead atoms. The van der Waals surface area contributed by atoms with Crippen molar-refractivity contribution in [2.45, 2.75) is 13.0 Å². The van der Waals surface area contributed by atoms with E-state index in [1.165, 1.54) is 0 Å². The maximum absolute atomic E-state index is 13.0. The van der Waals surface area contributed by atoms with Gasteiger partial charge in [0.25, 0.3) is 11.1 Å². The molecule has 194 valence electrons. The minimum atomic E-state index is -0.509. The molecule has 0 atom stereocenters. The zero-order valence-electron chi connectivity index (χ0n) is 20.4. The Morgan fingerprint density at radius 1 is 1.03 bits per heavy atom. The van der Waals surface area contributed by atoms with Crippen molar-refractivity contribution in [3.63, 3.8) is 0 Å². The number of halogens is 2. The van der Waals surface area contributed by atoms with Crippen LogP contribution < -0.4 is 9.47 Å². The van der Waals surface area contributed by atoms with Gasteiger partial charge >= 0.3 is 0 Å². The molecule has 0 aliphatic carbocycles. The van der Waals surface area contributed by atoms with Crippen LogP contribution in [-0.2, 0) is 17.8 Å². The number of hydrogen-bond acceptors (Lipinski definition) is 6. The van der Waals surface area contributed by atoms with Gasteiger partial charge in [0.05, 0.1) is 18.6 Å². The number of amides is 2. The van der Waals surface area contributed by atoms with Gasteiger partial charge in [0, 0.05) is 20.1 Å². The summed E-state index contributed by atoms with van der Waals surface area (Å²) in [6.07, 6.45) is 3.89. The Morgan fingerprint density at radius 3 is 2.32 bits per heavy atom. The second-order valence-electron chi connectivity index (χ2n) is 8.32. The first-order chi connectivity index (χ1) is 18.3. The van der Waals surface area contributed by atoms with Crippen molar-refractivity contribution in [1.29, 1.82) is 0 Å². The van der Waals surface area contributed by atoms with E-state index >= 15 is 0 Å². The molecular formula is C29H23Br2NO5S. The van der Waals surface area contributed by atoms with Crippen LogP contribution >= 0.6 is 43.6 Å². The van der Waals surface area contributed by atoms with E-state index in [0.717, 1.165) is 36.7 Å². The van der Waals surface area contributed by atoms with Crippen LogP contribution in [0.2, 0.25) is 0 Å². The number of allylic oxidation sites excluding steroid dienone is 1. The molecule has 0 radical (unpaired) electrons. The van der Waals surface area contributed by atoms with Crippen LogP contribution in [0.4, 0.5) is 4.79 Å². The number of carbonyl (C=O) groups excluding carboxylic acids is 3. The predicted octanol–water partition coefficient (Wildman–Crippen LogP) is 7.45. The number of ether oxygens (including phenoxy) is 2. The topological polar surface area (TPSA) is 72.9 Å². The zero-order valence-corrected chi connectivity index (χ0v) is 24.4. The molecule has 3 aromatic carbocycles. The van der Waals surface area contributed by atoms with Crippen LogP contribution in [0.5, 0.6) is 11.5 Å². The molecule has 6 nitrogen and oxygen atoms in total. The summed E-state index contributed by atoms with van der Waals surface area (Å²) < 4.78 is 13.6. The molecule has 0 aromatic heterocycles. The fourth-order valence-electron chi connectivity index (χ4n) is 3.78. The number of imide groups is 1. The van der Waals surface area contributed by atoms with Crippen molar-refractivity contribution in [1.82, 2.24) is 4.90 Å². The Bertz CT molecular complexity index is 1420. The largest absolute Gasteiger partial charge is 0.493 e. The summed E-state index contributed by atoms with van der Waals surface area (Å²) in [5.41, 5.74) is 2.91. The molecular weight excluding hydrogens is 634 g/mol. The first-order valence-corrected chi connectivity index (χ1v) is 13.9. The van der Waals surface area contributed by atoms with Gasteiger partial charge in [0.15, 0.2) is 17.3 Å². The van der Waals surface area contributed by atoms with Gasteiger partial charge in [-0.2, -0.15) is 0 Å². The van der Waals surface area contributed by atoms with Gasteiger partial charge in [-0.15, -0.1) is 6.58 Å². The molecule has 0 spiro atoms. The van der Waals surface area contributed by atoms with Crippen LogP contribution in [-0.4, -0.2) is 35.5 Å². The van der Waals surface area contributed by atoms with Gasteiger partial charge < -0.3 is 9.47 Å². The summed E-state index contributed by atoms with van der Waals surface area (Å²) in [6, 6.07) is 18.2. The lowest BCUT2D eigenvalue weighted by Crippen LogP contribution is -2.33. The average Bonchev–Trinajstić information content (AvgIpc) is 3.16. The van der Waals surface area contributed by atoms with E-state index in [-0.39, 0.29) is 17.2 Å². The highest BCUT2D eigenvalue weighted by molar-refractivity contribution is 9.10. The number of benzene rings is 3. The molecule has 2 amide bonds. The van der Waals surface area contributed by atoms with Crippen molar-refractivity contribution >= 4 is 66.6 Å². The number of carbonyl (C=O) groups is 3. The van der Waals surface area contributed by atoms with Gasteiger partial charge in [-0.05, 0) is 71.8 Å². The van der Waals surface area contributed by atoms with E-state index in [1.807, 2.05) is 30.3 Å². The van der Waals surface area contributed by atoms with Crippen LogP contribution in [0, 0.1) is 0 Å². The van der Waals surface area contributed by atoms with Crippen LogP contribution in [0.15, 0.2) is 87.2 Å². The minimum absolute atomic E-state index is 0.230. The molecule has 0 unspecified atom stereocenters. The lowest BCUT2D eigenvalue weighted by atomic mass is 10.0. The van der Waals surface area contributed by atoms with Crippen LogP contribution in [0.1, 0.15) is 27.0 Å². The lowest BCUT2D eigenvalue weighted by Gasteiger charge is -2.16. The molecule has 38 heavy (non-hydrogen) atoms. The quantitative estimate of drug-likeness (QED) is 0.128. The highest BCUT2D eigenvalue weighted by Crippen LogP contribution is 2.37. The third-order valence-electron chi connectivity index (χ3n) is 5.67. The molecule has 0 N–H and O–H groups in total. The second-order valence-corrected chi connectivity index (χ2v) is 11.1. The fraction of sp³-hybridized carbons (Fsp3) is 0.138. The van der Waals surface area contributed by atoms with Crippen molar-refractivity contribution in [3.8, 4) is 11.5 Å². The number of hydrogen-bond donors (Lipinski definition) is 0. The van der Waals surface area contributed by atoms with E-state index in [1.54, 1.807) is 49.6 Å². The fourth-order valence-corrected chi connectivity index (χ4v) is 5.15. The third-order valence-corrected chi connectivity index (χ3v) is 7.64. The Kier molecular flexibility index (Phi) is 9.25. The molecule has 1 saturated heterocycles. The first kappa shape index (κ1) is 27.9. The van der Waals surface area contributed by atoms with Gasteiger partial charge in [-0.3, -0.25) is 19.3 Å².